The Bertz CT molecular complexity index is 515. The molecule has 2 rings (SSSR count). The molecule has 0 saturated heterocycles. The summed E-state index contributed by atoms with van der Waals surface area (Å²) in [6.45, 7) is 12.6. The summed E-state index contributed by atoms with van der Waals surface area (Å²) < 4.78 is 17.6. The highest BCUT2D eigenvalue weighted by Gasteiger charge is 2.36. The van der Waals surface area contributed by atoms with Crippen LogP contribution in [0.5, 0.6) is 11.5 Å². The Morgan fingerprint density at radius 3 is 2.52 bits per heavy atom. The molecule has 0 saturated carbocycles. The van der Waals surface area contributed by atoms with E-state index < -0.39 is 8.32 Å². The standard InChI is InChI=1S/C17H26O3Si/c1-17(2,3)21(4,5)19-12-8-9-14-13-18-15-10-6-7-11-16(15)20-14/h6-7,9-11H,8,12-13H2,1-5H3/b14-9-. The van der Waals surface area contributed by atoms with Gasteiger partial charge in [-0.3, -0.25) is 0 Å². The van der Waals surface area contributed by atoms with Crippen molar-refractivity contribution in [2.75, 3.05) is 13.2 Å². The maximum Gasteiger partial charge on any atom is 0.191 e. The minimum absolute atomic E-state index is 0.254. The van der Waals surface area contributed by atoms with Crippen molar-refractivity contribution in [3.63, 3.8) is 0 Å². The van der Waals surface area contributed by atoms with Crippen LogP contribution in [0.1, 0.15) is 27.2 Å². The van der Waals surface area contributed by atoms with Crippen LogP contribution in [-0.4, -0.2) is 21.5 Å². The number of benzene rings is 1. The van der Waals surface area contributed by atoms with Gasteiger partial charge in [0.05, 0.1) is 0 Å². The Hall–Kier alpha value is -1.26. The third-order valence-electron chi connectivity index (χ3n) is 4.22. The molecule has 116 valence electrons. The van der Waals surface area contributed by atoms with Crippen LogP contribution >= 0.6 is 0 Å². The van der Waals surface area contributed by atoms with E-state index in [1.54, 1.807) is 0 Å². The predicted molar refractivity (Wildman–Crippen MR) is 88.4 cm³/mol. The number of rotatable bonds is 4. The normalized spacial score (nSPS) is 17.1. The van der Waals surface area contributed by atoms with Crippen molar-refractivity contribution in [1.29, 1.82) is 0 Å². The minimum atomic E-state index is -1.65. The Kier molecular flexibility index (Phi) is 4.79. The van der Waals surface area contributed by atoms with E-state index in [1.165, 1.54) is 0 Å². The van der Waals surface area contributed by atoms with E-state index in [0.29, 0.717) is 6.61 Å². The second-order valence-electron chi connectivity index (χ2n) is 6.91. The third-order valence-corrected chi connectivity index (χ3v) is 8.76. The lowest BCUT2D eigenvalue weighted by Gasteiger charge is -2.36. The molecule has 0 unspecified atom stereocenters. The molecule has 1 heterocycles. The summed E-state index contributed by atoms with van der Waals surface area (Å²) in [6.07, 6.45) is 2.93. The van der Waals surface area contributed by atoms with Crippen LogP contribution in [0, 0.1) is 0 Å². The average Bonchev–Trinajstić information content (AvgIpc) is 2.42. The van der Waals surface area contributed by atoms with E-state index in [1.807, 2.05) is 24.3 Å². The number of fused-ring (bicyclic) bond motifs is 1. The van der Waals surface area contributed by atoms with E-state index in [-0.39, 0.29) is 5.04 Å². The highest BCUT2D eigenvalue weighted by atomic mass is 28.4. The molecule has 1 aromatic carbocycles. The Morgan fingerprint density at radius 2 is 1.86 bits per heavy atom. The SMILES string of the molecule is CC(C)(C)[Si](C)(C)OCC/C=C1/COc2ccccc2O1. The maximum atomic E-state index is 6.15. The number of para-hydroxylation sites is 2. The first-order chi connectivity index (χ1) is 9.79. The molecule has 1 aliphatic heterocycles. The van der Waals surface area contributed by atoms with Crippen molar-refractivity contribution < 1.29 is 13.9 Å². The van der Waals surface area contributed by atoms with Gasteiger partial charge in [-0.15, -0.1) is 0 Å². The quantitative estimate of drug-likeness (QED) is 0.593. The first-order valence-electron chi connectivity index (χ1n) is 7.52. The van der Waals surface area contributed by atoms with E-state index in [9.17, 15) is 0 Å². The fourth-order valence-electron chi connectivity index (χ4n) is 1.82. The van der Waals surface area contributed by atoms with E-state index >= 15 is 0 Å². The summed E-state index contributed by atoms with van der Waals surface area (Å²) in [7, 11) is -1.65. The van der Waals surface area contributed by atoms with Gasteiger partial charge in [0.1, 0.15) is 12.4 Å². The number of hydrogen-bond acceptors (Lipinski definition) is 3. The van der Waals surface area contributed by atoms with Crippen molar-refractivity contribution >= 4 is 8.32 Å². The highest BCUT2D eigenvalue weighted by molar-refractivity contribution is 6.74. The van der Waals surface area contributed by atoms with Gasteiger partial charge in [0.15, 0.2) is 19.8 Å². The van der Waals surface area contributed by atoms with Gasteiger partial charge in [-0.25, -0.2) is 0 Å². The molecule has 0 amide bonds. The summed E-state index contributed by atoms with van der Waals surface area (Å²) in [5.74, 6) is 2.47. The van der Waals surface area contributed by atoms with Crippen molar-refractivity contribution in [2.45, 2.75) is 45.3 Å². The average molecular weight is 306 g/mol. The first kappa shape index (κ1) is 16.1. The molecule has 0 atom stereocenters. The Morgan fingerprint density at radius 1 is 1.19 bits per heavy atom. The molecule has 3 nitrogen and oxygen atoms in total. The van der Waals surface area contributed by atoms with Crippen LogP contribution < -0.4 is 9.47 Å². The fourth-order valence-corrected chi connectivity index (χ4v) is 2.89. The van der Waals surface area contributed by atoms with Gasteiger partial charge in [-0.05, 0) is 42.8 Å². The van der Waals surface area contributed by atoms with Gasteiger partial charge >= 0.3 is 0 Å². The zero-order valence-electron chi connectivity index (χ0n) is 13.7. The smallest absolute Gasteiger partial charge is 0.191 e. The van der Waals surface area contributed by atoms with Crippen LogP contribution in [0.15, 0.2) is 36.1 Å². The van der Waals surface area contributed by atoms with Crippen molar-refractivity contribution in [2.24, 2.45) is 0 Å². The molecule has 0 N–H and O–H groups in total. The van der Waals surface area contributed by atoms with Gasteiger partial charge in [-0.2, -0.15) is 0 Å². The van der Waals surface area contributed by atoms with Crippen molar-refractivity contribution in [3.05, 3.63) is 36.1 Å². The lowest BCUT2D eigenvalue weighted by Crippen LogP contribution is -2.40. The van der Waals surface area contributed by atoms with E-state index in [4.69, 9.17) is 13.9 Å². The molecule has 21 heavy (non-hydrogen) atoms. The summed E-state index contributed by atoms with van der Waals surface area (Å²) in [4.78, 5) is 0. The Balaban J connectivity index is 1.84. The van der Waals surface area contributed by atoms with Gasteiger partial charge in [0, 0.05) is 6.61 Å². The minimum Gasteiger partial charge on any atom is -0.482 e. The summed E-state index contributed by atoms with van der Waals surface area (Å²) in [5, 5.41) is 0.254. The van der Waals surface area contributed by atoms with Crippen LogP contribution in [-0.2, 0) is 4.43 Å². The van der Waals surface area contributed by atoms with Crippen LogP contribution in [0.2, 0.25) is 18.1 Å². The maximum absolute atomic E-state index is 6.15. The predicted octanol–water partition coefficient (Wildman–Crippen LogP) is 4.75. The molecule has 0 spiro atoms. The lowest BCUT2D eigenvalue weighted by molar-refractivity contribution is 0.229. The third kappa shape index (κ3) is 4.11. The zero-order valence-corrected chi connectivity index (χ0v) is 14.7. The van der Waals surface area contributed by atoms with E-state index in [2.05, 4.69) is 39.9 Å². The molecule has 1 aromatic rings. The van der Waals surface area contributed by atoms with Crippen LogP contribution in [0.3, 0.4) is 0 Å². The highest BCUT2D eigenvalue weighted by Crippen LogP contribution is 2.36. The van der Waals surface area contributed by atoms with Gasteiger partial charge in [-0.1, -0.05) is 32.9 Å². The molecule has 0 aliphatic carbocycles. The van der Waals surface area contributed by atoms with E-state index in [0.717, 1.165) is 30.3 Å². The first-order valence-corrected chi connectivity index (χ1v) is 10.4. The lowest BCUT2D eigenvalue weighted by atomic mass is 10.2. The zero-order chi connectivity index (χ0) is 15.5. The van der Waals surface area contributed by atoms with Gasteiger partial charge in [0.25, 0.3) is 0 Å². The monoisotopic (exact) mass is 306 g/mol. The second kappa shape index (κ2) is 6.24. The van der Waals surface area contributed by atoms with Crippen molar-refractivity contribution in [3.8, 4) is 11.5 Å². The van der Waals surface area contributed by atoms with Gasteiger partial charge < -0.3 is 13.9 Å². The molecular formula is C17H26O3Si. The molecule has 1 aliphatic rings. The topological polar surface area (TPSA) is 27.7 Å². The van der Waals surface area contributed by atoms with Crippen molar-refractivity contribution in [1.82, 2.24) is 0 Å². The van der Waals surface area contributed by atoms with Crippen LogP contribution in [0.4, 0.5) is 0 Å². The fraction of sp³-hybridized carbons (Fsp3) is 0.529. The largest absolute Gasteiger partial charge is 0.482 e. The molecule has 0 fully saturated rings. The molecule has 4 heteroatoms. The second-order valence-corrected chi connectivity index (χ2v) is 11.7. The molecule has 0 radical (unpaired) electrons. The van der Waals surface area contributed by atoms with Crippen LogP contribution in [0.25, 0.3) is 0 Å². The molecular weight excluding hydrogens is 280 g/mol. The summed E-state index contributed by atoms with van der Waals surface area (Å²) in [6, 6.07) is 7.75. The summed E-state index contributed by atoms with van der Waals surface area (Å²) in [5.41, 5.74) is 0. The molecule has 0 aromatic heterocycles. The van der Waals surface area contributed by atoms with Gasteiger partial charge in [0.2, 0.25) is 0 Å². The Labute approximate surface area is 129 Å². The summed E-state index contributed by atoms with van der Waals surface area (Å²) >= 11 is 0. The molecule has 0 bridgehead atoms. The number of hydrogen-bond donors (Lipinski definition) is 0. The number of ether oxygens (including phenoxy) is 2.